The molecule has 0 amide bonds. The summed E-state index contributed by atoms with van der Waals surface area (Å²) in [5.74, 6) is 2.36. The van der Waals surface area contributed by atoms with Crippen molar-refractivity contribution in [2.24, 2.45) is 0 Å². The fraction of sp³-hybridized carbons (Fsp3) is 0.368. The maximum absolute atomic E-state index is 6.02. The molecule has 0 N–H and O–H groups in total. The summed E-state index contributed by atoms with van der Waals surface area (Å²) in [5.41, 5.74) is 1.30. The molecular weight excluding hydrogens is 260 g/mol. The van der Waals surface area contributed by atoms with Gasteiger partial charge in [0.25, 0.3) is 0 Å². The van der Waals surface area contributed by atoms with Crippen LogP contribution in [0.3, 0.4) is 0 Å². The third-order valence-corrected chi connectivity index (χ3v) is 3.14. The van der Waals surface area contributed by atoms with Gasteiger partial charge in [-0.3, -0.25) is 0 Å². The van der Waals surface area contributed by atoms with Gasteiger partial charge in [-0.1, -0.05) is 45.0 Å². The second-order valence-electron chi connectivity index (χ2n) is 6.49. The van der Waals surface area contributed by atoms with Crippen molar-refractivity contribution in [3.05, 3.63) is 54.1 Å². The first-order valence-corrected chi connectivity index (χ1v) is 7.40. The van der Waals surface area contributed by atoms with E-state index in [1.54, 1.807) is 0 Å². The highest BCUT2D eigenvalue weighted by atomic mass is 16.5. The molecule has 0 heterocycles. The zero-order chi connectivity index (χ0) is 15.5. The van der Waals surface area contributed by atoms with Gasteiger partial charge in [0.1, 0.15) is 5.75 Å². The third kappa shape index (κ3) is 4.25. The van der Waals surface area contributed by atoms with Crippen LogP contribution in [-0.4, -0.2) is 6.10 Å². The van der Waals surface area contributed by atoms with E-state index in [-0.39, 0.29) is 11.5 Å². The molecular formula is C19H24O2. The molecule has 0 aliphatic carbocycles. The van der Waals surface area contributed by atoms with Crippen molar-refractivity contribution < 1.29 is 9.47 Å². The van der Waals surface area contributed by atoms with Gasteiger partial charge in [-0.05, 0) is 49.1 Å². The molecule has 0 unspecified atom stereocenters. The van der Waals surface area contributed by atoms with E-state index in [9.17, 15) is 0 Å². The Hall–Kier alpha value is -1.96. The van der Waals surface area contributed by atoms with E-state index < -0.39 is 0 Å². The SMILES string of the molecule is CC(C)Oc1ccc(C(C)(C)C)cc1Oc1ccccc1. The van der Waals surface area contributed by atoms with Crippen LogP contribution in [0.25, 0.3) is 0 Å². The molecule has 112 valence electrons. The van der Waals surface area contributed by atoms with Crippen molar-refractivity contribution in [2.75, 3.05) is 0 Å². The van der Waals surface area contributed by atoms with Crippen LogP contribution in [-0.2, 0) is 5.41 Å². The topological polar surface area (TPSA) is 18.5 Å². The Morgan fingerprint density at radius 3 is 2.10 bits per heavy atom. The average Bonchev–Trinajstić information content (AvgIpc) is 2.40. The molecule has 0 radical (unpaired) electrons. The zero-order valence-corrected chi connectivity index (χ0v) is 13.5. The van der Waals surface area contributed by atoms with Crippen molar-refractivity contribution in [3.63, 3.8) is 0 Å². The molecule has 0 fully saturated rings. The number of para-hydroxylation sites is 1. The average molecular weight is 284 g/mol. The molecule has 2 heteroatoms. The second-order valence-corrected chi connectivity index (χ2v) is 6.49. The summed E-state index contributed by atoms with van der Waals surface area (Å²) in [7, 11) is 0. The van der Waals surface area contributed by atoms with Crippen LogP contribution < -0.4 is 9.47 Å². The summed E-state index contributed by atoms with van der Waals surface area (Å²) < 4.78 is 11.9. The minimum atomic E-state index is 0.0746. The fourth-order valence-electron chi connectivity index (χ4n) is 2.02. The Bertz CT molecular complexity index is 580. The van der Waals surface area contributed by atoms with Gasteiger partial charge in [0.15, 0.2) is 11.5 Å². The Kier molecular flexibility index (Phi) is 4.56. The number of ether oxygens (including phenoxy) is 2. The van der Waals surface area contributed by atoms with Crippen LogP contribution in [0.2, 0.25) is 0 Å². The first-order valence-electron chi connectivity index (χ1n) is 7.40. The standard InChI is InChI=1S/C19H24O2/c1-14(2)20-17-12-11-15(19(3,4)5)13-18(17)21-16-9-7-6-8-10-16/h6-14H,1-5H3. The van der Waals surface area contributed by atoms with E-state index in [1.807, 2.05) is 50.2 Å². The van der Waals surface area contributed by atoms with E-state index >= 15 is 0 Å². The number of benzene rings is 2. The maximum Gasteiger partial charge on any atom is 0.169 e. The highest BCUT2D eigenvalue weighted by Crippen LogP contribution is 2.36. The lowest BCUT2D eigenvalue weighted by Gasteiger charge is -2.22. The normalized spacial score (nSPS) is 11.5. The fourth-order valence-corrected chi connectivity index (χ4v) is 2.02. The summed E-state index contributed by atoms with van der Waals surface area (Å²) in [6, 6.07) is 16.0. The van der Waals surface area contributed by atoms with E-state index in [0.29, 0.717) is 0 Å². The first kappa shape index (κ1) is 15.4. The van der Waals surface area contributed by atoms with E-state index in [1.165, 1.54) is 5.56 Å². The van der Waals surface area contributed by atoms with Gasteiger partial charge in [-0.15, -0.1) is 0 Å². The molecule has 21 heavy (non-hydrogen) atoms. The van der Waals surface area contributed by atoms with Crippen LogP contribution in [0.5, 0.6) is 17.2 Å². The van der Waals surface area contributed by atoms with Crippen LogP contribution in [0, 0.1) is 0 Å². The molecule has 0 aliphatic heterocycles. The number of hydrogen-bond acceptors (Lipinski definition) is 2. The van der Waals surface area contributed by atoms with E-state index in [0.717, 1.165) is 17.2 Å². The lowest BCUT2D eigenvalue weighted by molar-refractivity contribution is 0.233. The van der Waals surface area contributed by atoms with Gasteiger partial charge < -0.3 is 9.47 Å². The van der Waals surface area contributed by atoms with Crippen LogP contribution in [0.4, 0.5) is 0 Å². The predicted molar refractivity (Wildman–Crippen MR) is 87.4 cm³/mol. The molecule has 0 atom stereocenters. The Balaban J connectivity index is 2.38. The molecule has 2 aromatic rings. The van der Waals surface area contributed by atoms with Gasteiger partial charge >= 0.3 is 0 Å². The van der Waals surface area contributed by atoms with Gasteiger partial charge in [-0.2, -0.15) is 0 Å². The quantitative estimate of drug-likeness (QED) is 0.731. The zero-order valence-electron chi connectivity index (χ0n) is 13.5. The van der Waals surface area contributed by atoms with Crippen molar-refractivity contribution >= 4 is 0 Å². The molecule has 0 saturated carbocycles. The summed E-state index contributed by atoms with van der Waals surface area (Å²) in [4.78, 5) is 0. The Labute approximate surface area is 127 Å². The second kappa shape index (κ2) is 6.21. The predicted octanol–water partition coefficient (Wildman–Crippen LogP) is 5.56. The molecule has 2 rings (SSSR count). The summed E-state index contributed by atoms with van der Waals surface area (Å²) in [6.07, 6.45) is 0.114. The van der Waals surface area contributed by atoms with Crippen LogP contribution in [0.15, 0.2) is 48.5 Å². The van der Waals surface area contributed by atoms with Crippen molar-refractivity contribution in [1.29, 1.82) is 0 Å². The van der Waals surface area contributed by atoms with Crippen LogP contribution in [0.1, 0.15) is 40.2 Å². The van der Waals surface area contributed by atoms with Crippen molar-refractivity contribution in [2.45, 2.75) is 46.1 Å². The molecule has 2 aromatic carbocycles. The van der Waals surface area contributed by atoms with Crippen LogP contribution >= 0.6 is 0 Å². The molecule has 0 saturated heterocycles. The van der Waals surface area contributed by atoms with Gasteiger partial charge in [-0.25, -0.2) is 0 Å². The minimum Gasteiger partial charge on any atom is -0.487 e. The minimum absolute atomic E-state index is 0.0746. The Morgan fingerprint density at radius 1 is 0.857 bits per heavy atom. The molecule has 0 spiro atoms. The van der Waals surface area contributed by atoms with E-state index in [2.05, 4.69) is 32.9 Å². The number of hydrogen-bond donors (Lipinski definition) is 0. The third-order valence-electron chi connectivity index (χ3n) is 3.14. The smallest absolute Gasteiger partial charge is 0.169 e. The molecule has 2 nitrogen and oxygen atoms in total. The largest absolute Gasteiger partial charge is 0.487 e. The lowest BCUT2D eigenvalue weighted by atomic mass is 9.87. The highest BCUT2D eigenvalue weighted by Gasteiger charge is 2.17. The van der Waals surface area contributed by atoms with Crippen molar-refractivity contribution in [1.82, 2.24) is 0 Å². The summed E-state index contributed by atoms with van der Waals surface area (Å²) in [5, 5.41) is 0. The van der Waals surface area contributed by atoms with Gasteiger partial charge in [0.05, 0.1) is 6.10 Å². The molecule has 0 aromatic heterocycles. The van der Waals surface area contributed by atoms with Gasteiger partial charge in [0.2, 0.25) is 0 Å². The number of rotatable bonds is 4. The summed E-state index contributed by atoms with van der Waals surface area (Å²) >= 11 is 0. The Morgan fingerprint density at radius 2 is 1.52 bits per heavy atom. The lowest BCUT2D eigenvalue weighted by Crippen LogP contribution is -2.12. The first-order chi connectivity index (χ1) is 9.86. The maximum atomic E-state index is 6.02. The van der Waals surface area contributed by atoms with E-state index in [4.69, 9.17) is 9.47 Å². The summed E-state index contributed by atoms with van der Waals surface area (Å²) in [6.45, 7) is 10.6. The van der Waals surface area contributed by atoms with Crippen molar-refractivity contribution in [3.8, 4) is 17.2 Å². The molecule has 0 bridgehead atoms. The molecule has 0 aliphatic rings. The van der Waals surface area contributed by atoms with Gasteiger partial charge in [0, 0.05) is 0 Å². The highest BCUT2D eigenvalue weighted by molar-refractivity contribution is 5.47. The monoisotopic (exact) mass is 284 g/mol.